The number of halogens is 1. The summed E-state index contributed by atoms with van der Waals surface area (Å²) in [4.78, 5) is 28.2. The second kappa shape index (κ2) is 8.86. The number of nitrogens with zero attached hydrogens (tertiary/aromatic N) is 1. The molecule has 2 aromatic carbocycles. The van der Waals surface area contributed by atoms with E-state index in [4.69, 9.17) is 11.6 Å². The van der Waals surface area contributed by atoms with Crippen LogP contribution in [0.1, 0.15) is 34.1 Å². The zero-order valence-corrected chi connectivity index (χ0v) is 16.6. The molecule has 1 amide bonds. The van der Waals surface area contributed by atoms with Gasteiger partial charge >= 0.3 is 5.97 Å². The van der Waals surface area contributed by atoms with Crippen LogP contribution >= 0.6 is 22.9 Å². The fraction of sp³-hybridized carbons (Fsp3) is 0.150. The summed E-state index contributed by atoms with van der Waals surface area (Å²) in [5.74, 6) is -1.41. The lowest BCUT2D eigenvalue weighted by Crippen LogP contribution is -2.30. The maximum atomic E-state index is 12.6. The highest BCUT2D eigenvalue weighted by Crippen LogP contribution is 2.24. The Morgan fingerprint density at radius 1 is 1.18 bits per heavy atom. The second-order valence-electron chi connectivity index (χ2n) is 6.15. The molecule has 1 heterocycles. The van der Waals surface area contributed by atoms with Crippen molar-refractivity contribution in [3.05, 3.63) is 75.8 Å². The van der Waals surface area contributed by atoms with Gasteiger partial charge in [-0.2, -0.15) is 0 Å². The van der Waals surface area contributed by atoms with Gasteiger partial charge < -0.3 is 15.7 Å². The van der Waals surface area contributed by atoms with Gasteiger partial charge in [0.2, 0.25) is 0 Å². The zero-order chi connectivity index (χ0) is 20.1. The molecule has 1 atom stereocenters. The summed E-state index contributed by atoms with van der Waals surface area (Å²) in [6.07, 6.45) is -0.212. The smallest absolute Gasteiger partial charge is 0.305 e. The molecule has 0 saturated carbocycles. The number of carboxylic acid groups (broad SMARTS) is 1. The molecule has 0 spiro atoms. The molecule has 3 aromatic rings. The SMILES string of the molecule is Cc1ccccc1C(CC(=O)O)NC(=O)c1csc(Nc2ccc(Cl)cc2)n1. The summed E-state index contributed by atoms with van der Waals surface area (Å²) in [5, 5.41) is 17.9. The number of amides is 1. The largest absolute Gasteiger partial charge is 0.481 e. The van der Waals surface area contributed by atoms with E-state index in [1.165, 1.54) is 11.3 Å². The van der Waals surface area contributed by atoms with E-state index < -0.39 is 17.9 Å². The summed E-state index contributed by atoms with van der Waals surface area (Å²) in [5.41, 5.74) is 2.71. The Balaban J connectivity index is 1.73. The Morgan fingerprint density at radius 2 is 1.89 bits per heavy atom. The van der Waals surface area contributed by atoms with Gasteiger partial charge in [-0.05, 0) is 42.3 Å². The topological polar surface area (TPSA) is 91.3 Å². The lowest BCUT2D eigenvalue weighted by molar-refractivity contribution is -0.137. The van der Waals surface area contributed by atoms with Crippen LogP contribution in [-0.4, -0.2) is 22.0 Å². The van der Waals surface area contributed by atoms with Gasteiger partial charge in [0.15, 0.2) is 5.13 Å². The minimum absolute atomic E-state index is 0.212. The molecular formula is C20H18ClN3O3S. The summed E-state index contributed by atoms with van der Waals surface area (Å²) in [6, 6.07) is 13.9. The number of hydrogen-bond acceptors (Lipinski definition) is 5. The molecule has 0 radical (unpaired) electrons. The number of thiazole rings is 1. The van der Waals surface area contributed by atoms with E-state index in [-0.39, 0.29) is 12.1 Å². The normalized spacial score (nSPS) is 11.6. The molecule has 6 nitrogen and oxygen atoms in total. The number of hydrogen-bond donors (Lipinski definition) is 3. The Kier molecular flexibility index (Phi) is 6.28. The van der Waals surface area contributed by atoms with Gasteiger partial charge in [0, 0.05) is 16.1 Å². The Morgan fingerprint density at radius 3 is 2.57 bits per heavy atom. The molecule has 3 N–H and O–H groups in total. The van der Waals surface area contributed by atoms with Crippen molar-refractivity contribution < 1.29 is 14.7 Å². The van der Waals surface area contributed by atoms with Gasteiger partial charge in [-0.25, -0.2) is 4.98 Å². The minimum atomic E-state index is -0.989. The van der Waals surface area contributed by atoms with Crippen LogP contribution in [0, 0.1) is 6.92 Å². The standard InChI is InChI=1S/C20H18ClN3O3S/c1-12-4-2-3-5-15(12)16(10-18(25)26)23-19(27)17-11-28-20(24-17)22-14-8-6-13(21)7-9-14/h2-9,11,16H,10H2,1H3,(H,22,24)(H,23,27)(H,25,26). The fourth-order valence-electron chi connectivity index (χ4n) is 2.72. The number of nitrogens with one attached hydrogen (secondary N) is 2. The predicted molar refractivity (Wildman–Crippen MR) is 110 cm³/mol. The van der Waals surface area contributed by atoms with Crippen LogP contribution in [0.3, 0.4) is 0 Å². The van der Waals surface area contributed by atoms with Crippen molar-refractivity contribution >= 4 is 45.6 Å². The zero-order valence-electron chi connectivity index (χ0n) is 15.0. The first kappa shape index (κ1) is 19.9. The number of aryl methyl sites for hydroxylation is 1. The highest BCUT2D eigenvalue weighted by molar-refractivity contribution is 7.14. The highest BCUT2D eigenvalue weighted by atomic mass is 35.5. The van der Waals surface area contributed by atoms with Crippen molar-refractivity contribution in [3.63, 3.8) is 0 Å². The van der Waals surface area contributed by atoms with Crippen LogP contribution in [0.2, 0.25) is 5.02 Å². The van der Waals surface area contributed by atoms with Gasteiger partial charge in [0.25, 0.3) is 5.91 Å². The molecular weight excluding hydrogens is 398 g/mol. The number of carbonyl (C=O) groups excluding carboxylic acids is 1. The van der Waals surface area contributed by atoms with Crippen LogP contribution in [0.25, 0.3) is 0 Å². The molecule has 144 valence electrons. The van der Waals surface area contributed by atoms with Crippen LogP contribution < -0.4 is 10.6 Å². The van der Waals surface area contributed by atoms with Crippen LogP contribution in [0.5, 0.6) is 0 Å². The number of anilines is 2. The molecule has 0 aliphatic heterocycles. The minimum Gasteiger partial charge on any atom is -0.481 e. The quantitative estimate of drug-likeness (QED) is 0.515. The second-order valence-corrected chi connectivity index (χ2v) is 7.44. The first-order valence-corrected chi connectivity index (χ1v) is 9.74. The summed E-state index contributed by atoms with van der Waals surface area (Å²) in [6.45, 7) is 1.88. The van der Waals surface area contributed by atoms with Gasteiger partial charge in [0.1, 0.15) is 5.69 Å². The molecule has 1 aromatic heterocycles. The maximum Gasteiger partial charge on any atom is 0.305 e. The van der Waals surface area contributed by atoms with Crippen LogP contribution in [0.15, 0.2) is 53.9 Å². The molecule has 3 rings (SSSR count). The number of aliphatic carboxylic acids is 1. The number of benzene rings is 2. The van der Waals surface area contributed by atoms with E-state index in [1.54, 1.807) is 17.5 Å². The molecule has 0 saturated heterocycles. The highest BCUT2D eigenvalue weighted by Gasteiger charge is 2.21. The van der Waals surface area contributed by atoms with E-state index in [0.717, 1.165) is 16.8 Å². The van der Waals surface area contributed by atoms with Crippen molar-refractivity contribution in [2.24, 2.45) is 0 Å². The molecule has 0 aliphatic carbocycles. The average Bonchev–Trinajstić information content (AvgIpc) is 3.12. The Bertz CT molecular complexity index is 988. The summed E-state index contributed by atoms with van der Waals surface area (Å²) >= 11 is 7.16. The monoisotopic (exact) mass is 415 g/mol. The van der Waals surface area contributed by atoms with Crippen LogP contribution in [-0.2, 0) is 4.79 Å². The number of aromatic nitrogens is 1. The predicted octanol–water partition coefficient (Wildman–Crippen LogP) is 4.79. The van der Waals surface area contributed by atoms with Gasteiger partial charge in [-0.1, -0.05) is 35.9 Å². The lowest BCUT2D eigenvalue weighted by atomic mass is 9.98. The third-order valence-corrected chi connectivity index (χ3v) is 5.09. The number of carbonyl (C=O) groups is 2. The Labute approximate surface area is 171 Å². The van der Waals surface area contributed by atoms with Crippen molar-refractivity contribution in [2.45, 2.75) is 19.4 Å². The first-order valence-electron chi connectivity index (χ1n) is 8.48. The van der Waals surface area contributed by atoms with Gasteiger partial charge in [0.05, 0.1) is 12.5 Å². The molecule has 28 heavy (non-hydrogen) atoms. The van der Waals surface area contributed by atoms with E-state index in [2.05, 4.69) is 15.6 Å². The van der Waals surface area contributed by atoms with Crippen molar-refractivity contribution in [1.82, 2.24) is 10.3 Å². The summed E-state index contributed by atoms with van der Waals surface area (Å²) in [7, 11) is 0. The molecule has 0 bridgehead atoms. The van der Waals surface area contributed by atoms with Crippen molar-refractivity contribution in [3.8, 4) is 0 Å². The fourth-order valence-corrected chi connectivity index (χ4v) is 3.55. The van der Waals surface area contributed by atoms with Gasteiger partial charge in [-0.3, -0.25) is 9.59 Å². The Hall–Kier alpha value is -2.90. The molecule has 1 unspecified atom stereocenters. The van der Waals surface area contributed by atoms with Crippen molar-refractivity contribution in [2.75, 3.05) is 5.32 Å². The maximum absolute atomic E-state index is 12.6. The van der Waals surface area contributed by atoms with Crippen LogP contribution in [0.4, 0.5) is 10.8 Å². The van der Waals surface area contributed by atoms with Gasteiger partial charge in [-0.15, -0.1) is 11.3 Å². The lowest BCUT2D eigenvalue weighted by Gasteiger charge is -2.18. The first-order chi connectivity index (χ1) is 13.4. The number of carboxylic acids is 1. The van der Waals surface area contributed by atoms with Crippen molar-refractivity contribution in [1.29, 1.82) is 0 Å². The third kappa shape index (κ3) is 5.09. The van der Waals surface area contributed by atoms with E-state index in [9.17, 15) is 14.7 Å². The average molecular weight is 416 g/mol. The van der Waals surface area contributed by atoms with E-state index >= 15 is 0 Å². The third-order valence-electron chi connectivity index (χ3n) is 4.08. The molecule has 0 fully saturated rings. The van der Waals surface area contributed by atoms with E-state index in [0.29, 0.717) is 10.2 Å². The number of rotatable bonds is 7. The summed E-state index contributed by atoms with van der Waals surface area (Å²) < 4.78 is 0. The molecule has 8 heteroatoms. The molecule has 0 aliphatic rings. The van der Waals surface area contributed by atoms with E-state index in [1.807, 2.05) is 43.3 Å².